The van der Waals surface area contributed by atoms with Crippen LogP contribution in [0.2, 0.25) is 0 Å². The lowest BCUT2D eigenvalue weighted by Gasteiger charge is -2.23. The predicted molar refractivity (Wildman–Crippen MR) is 86.0 cm³/mol. The molecule has 0 atom stereocenters. The van der Waals surface area contributed by atoms with Gasteiger partial charge in [-0.05, 0) is 62.4 Å². The predicted octanol–water partition coefficient (Wildman–Crippen LogP) is 3.18. The van der Waals surface area contributed by atoms with Gasteiger partial charge >= 0.3 is 0 Å². The smallest absolute Gasteiger partial charge is 0.0761 e. The lowest BCUT2D eigenvalue weighted by molar-refractivity contribution is 0.911. The molecule has 0 radical (unpaired) electrons. The Morgan fingerprint density at radius 1 is 1.20 bits per heavy atom. The van der Waals surface area contributed by atoms with Crippen molar-refractivity contribution in [3.8, 4) is 0 Å². The van der Waals surface area contributed by atoms with Gasteiger partial charge in [0.1, 0.15) is 0 Å². The van der Waals surface area contributed by atoms with E-state index in [2.05, 4.69) is 18.2 Å². The fourth-order valence-corrected chi connectivity index (χ4v) is 2.58. The summed E-state index contributed by atoms with van der Waals surface area (Å²) in [5.74, 6) is 6.24. The zero-order chi connectivity index (χ0) is 14.5. The van der Waals surface area contributed by atoms with Crippen molar-refractivity contribution in [1.82, 2.24) is 0 Å². The van der Waals surface area contributed by atoms with Gasteiger partial charge in [0.25, 0.3) is 0 Å². The minimum absolute atomic E-state index is 0.661. The van der Waals surface area contributed by atoms with Gasteiger partial charge in [0.05, 0.1) is 17.1 Å². The minimum Gasteiger partial charge on any atom is -0.397 e. The number of hydrogen-bond acceptors (Lipinski definition) is 3. The number of benzene rings is 1. The van der Waals surface area contributed by atoms with Crippen LogP contribution in [0, 0.1) is 0 Å². The average molecular weight is 269 g/mol. The molecule has 0 heterocycles. The van der Waals surface area contributed by atoms with Gasteiger partial charge in [-0.2, -0.15) is 0 Å². The van der Waals surface area contributed by atoms with Crippen LogP contribution < -0.4 is 16.6 Å². The van der Waals surface area contributed by atoms with Gasteiger partial charge in [-0.1, -0.05) is 24.3 Å². The fourth-order valence-electron chi connectivity index (χ4n) is 2.58. The van der Waals surface area contributed by atoms with Crippen LogP contribution in [0.3, 0.4) is 0 Å². The first kappa shape index (κ1) is 14.4. The summed E-state index contributed by atoms with van der Waals surface area (Å²) in [5.41, 5.74) is 11.4. The summed E-state index contributed by atoms with van der Waals surface area (Å²) in [6, 6.07) is 6.42. The van der Waals surface area contributed by atoms with Crippen LogP contribution >= 0.6 is 0 Å². The Labute approximate surface area is 121 Å². The number of aryl methyl sites for hydroxylation is 2. The Balaban J connectivity index is 2.27. The molecular formula is C17H23N3. The quantitative estimate of drug-likeness (QED) is 0.501. The van der Waals surface area contributed by atoms with Crippen molar-refractivity contribution in [3.05, 3.63) is 65.0 Å². The normalized spacial score (nSPS) is 15.8. The third-order valence-electron chi connectivity index (χ3n) is 3.66. The zero-order valence-electron chi connectivity index (χ0n) is 12.3. The van der Waals surface area contributed by atoms with Crippen molar-refractivity contribution in [2.24, 2.45) is 11.6 Å². The lowest BCUT2D eigenvalue weighted by atomic mass is 10.1. The van der Waals surface area contributed by atoms with Gasteiger partial charge in [0.15, 0.2) is 0 Å². The van der Waals surface area contributed by atoms with Crippen LogP contribution in [-0.2, 0) is 12.8 Å². The number of nitrogens with zero attached hydrogens (tertiary/aromatic N) is 1. The molecule has 2 rings (SSSR count). The van der Waals surface area contributed by atoms with Gasteiger partial charge < -0.3 is 5.73 Å². The first-order valence-electron chi connectivity index (χ1n) is 7.09. The highest BCUT2D eigenvalue weighted by atomic mass is 15.4. The molecule has 0 aromatic heterocycles. The van der Waals surface area contributed by atoms with E-state index in [-0.39, 0.29) is 0 Å². The first-order chi connectivity index (χ1) is 9.67. The Kier molecular flexibility index (Phi) is 4.64. The summed E-state index contributed by atoms with van der Waals surface area (Å²) in [7, 11) is 0. The summed E-state index contributed by atoms with van der Waals surface area (Å²) < 4.78 is 0. The van der Waals surface area contributed by atoms with E-state index in [0.717, 1.165) is 17.8 Å². The van der Waals surface area contributed by atoms with E-state index in [1.54, 1.807) is 5.01 Å². The second-order valence-electron chi connectivity index (χ2n) is 5.00. The van der Waals surface area contributed by atoms with Gasteiger partial charge in [0.2, 0.25) is 0 Å². The number of hydrogen-bond donors (Lipinski definition) is 2. The number of anilines is 1. The maximum absolute atomic E-state index is 6.24. The molecule has 1 aromatic rings. The molecule has 1 aliphatic rings. The third-order valence-corrected chi connectivity index (χ3v) is 3.66. The largest absolute Gasteiger partial charge is 0.397 e. The van der Waals surface area contributed by atoms with Crippen LogP contribution in [0.25, 0.3) is 0 Å². The Bertz CT molecular complexity index is 568. The molecule has 0 unspecified atom stereocenters. The maximum atomic E-state index is 6.24. The van der Waals surface area contributed by atoms with Gasteiger partial charge in [-0.15, -0.1) is 0 Å². The molecule has 1 aliphatic carbocycles. The molecule has 0 saturated heterocycles. The van der Waals surface area contributed by atoms with Gasteiger partial charge in [-0.3, -0.25) is 5.01 Å². The van der Waals surface area contributed by atoms with E-state index in [1.807, 2.05) is 38.2 Å². The zero-order valence-corrected chi connectivity index (χ0v) is 12.3. The van der Waals surface area contributed by atoms with E-state index < -0.39 is 0 Å². The van der Waals surface area contributed by atoms with Crippen molar-refractivity contribution >= 4 is 5.69 Å². The molecule has 0 fully saturated rings. The molecule has 3 heteroatoms. The second kappa shape index (κ2) is 6.44. The van der Waals surface area contributed by atoms with Crippen molar-refractivity contribution in [1.29, 1.82) is 0 Å². The maximum Gasteiger partial charge on any atom is 0.0761 e. The highest BCUT2D eigenvalue weighted by molar-refractivity contribution is 5.58. The monoisotopic (exact) mass is 269 g/mol. The van der Waals surface area contributed by atoms with Crippen LogP contribution in [0.15, 0.2) is 53.9 Å². The Hall–Kier alpha value is -2.00. The highest BCUT2D eigenvalue weighted by Crippen LogP contribution is 2.27. The number of allylic oxidation sites excluding steroid dienone is 4. The Morgan fingerprint density at radius 2 is 1.95 bits per heavy atom. The summed E-state index contributed by atoms with van der Waals surface area (Å²) in [5, 5.41) is 1.66. The number of nitrogens with two attached hydrogens (primary N) is 2. The molecule has 3 nitrogen and oxygen atoms in total. The van der Waals surface area contributed by atoms with Crippen LogP contribution in [0.1, 0.15) is 31.4 Å². The lowest BCUT2D eigenvalue weighted by Crippen LogP contribution is -2.32. The summed E-state index contributed by atoms with van der Waals surface area (Å²) in [6.07, 6.45) is 11.2. The van der Waals surface area contributed by atoms with E-state index in [1.165, 1.54) is 24.0 Å². The molecule has 106 valence electrons. The molecular weight excluding hydrogens is 246 g/mol. The number of fused-ring (bicyclic) bond motifs is 1. The summed E-state index contributed by atoms with van der Waals surface area (Å²) in [4.78, 5) is 0. The molecule has 0 amide bonds. The molecule has 0 spiro atoms. The van der Waals surface area contributed by atoms with E-state index in [0.29, 0.717) is 5.70 Å². The summed E-state index contributed by atoms with van der Waals surface area (Å²) in [6.45, 7) is 3.90. The molecule has 0 aliphatic heterocycles. The minimum atomic E-state index is 0.661. The molecule has 0 bridgehead atoms. The number of rotatable bonds is 4. The van der Waals surface area contributed by atoms with Crippen LogP contribution in [-0.4, -0.2) is 0 Å². The molecule has 0 saturated carbocycles. The topological polar surface area (TPSA) is 55.3 Å². The van der Waals surface area contributed by atoms with Crippen LogP contribution in [0.5, 0.6) is 0 Å². The molecule has 1 aromatic carbocycles. The van der Waals surface area contributed by atoms with Crippen molar-refractivity contribution in [2.75, 3.05) is 5.01 Å². The molecule has 20 heavy (non-hydrogen) atoms. The second-order valence-corrected chi connectivity index (χ2v) is 5.00. The standard InChI is InChI=1S/C17H23N3/c1-3-5-9-16(18)17(4-2)20(19)15-11-10-13-7-6-8-14(13)12-15/h3-5,9-12H,6-8,18-19H2,1-2H3/b5-3-,16-9+,17-4-. The van der Waals surface area contributed by atoms with Crippen LogP contribution in [0.4, 0.5) is 5.69 Å². The van der Waals surface area contributed by atoms with E-state index in [4.69, 9.17) is 11.6 Å². The van der Waals surface area contributed by atoms with E-state index >= 15 is 0 Å². The third kappa shape index (κ3) is 2.94. The SMILES string of the molecule is C\C=C/C=C(N)\C(=C\C)N(N)c1ccc2c(c1)CCC2. The van der Waals surface area contributed by atoms with Crippen molar-refractivity contribution in [2.45, 2.75) is 33.1 Å². The number of hydrazine groups is 1. The van der Waals surface area contributed by atoms with Crippen molar-refractivity contribution < 1.29 is 0 Å². The fraction of sp³-hybridized carbons (Fsp3) is 0.294. The summed E-state index contributed by atoms with van der Waals surface area (Å²) >= 11 is 0. The van der Waals surface area contributed by atoms with Gasteiger partial charge in [-0.25, -0.2) is 5.84 Å². The molecule has 4 N–H and O–H groups in total. The Morgan fingerprint density at radius 3 is 2.65 bits per heavy atom. The highest BCUT2D eigenvalue weighted by Gasteiger charge is 2.14. The van der Waals surface area contributed by atoms with Gasteiger partial charge in [0, 0.05) is 0 Å². The van der Waals surface area contributed by atoms with Crippen molar-refractivity contribution in [3.63, 3.8) is 0 Å². The average Bonchev–Trinajstić information content (AvgIpc) is 2.92. The first-order valence-corrected chi connectivity index (χ1v) is 7.09. The van der Waals surface area contributed by atoms with E-state index in [9.17, 15) is 0 Å².